The van der Waals surface area contributed by atoms with Crippen molar-refractivity contribution in [2.24, 2.45) is 0 Å². The van der Waals surface area contributed by atoms with E-state index in [0.29, 0.717) is 11.3 Å². The van der Waals surface area contributed by atoms with E-state index in [0.717, 1.165) is 12.8 Å². The molecule has 1 unspecified atom stereocenters. The van der Waals surface area contributed by atoms with Crippen LogP contribution in [0.4, 0.5) is 5.69 Å². The highest BCUT2D eigenvalue weighted by Crippen LogP contribution is 2.10. The number of hydrogen-bond acceptors (Lipinski definition) is 3. The van der Waals surface area contributed by atoms with Crippen LogP contribution in [-0.4, -0.2) is 16.9 Å². The summed E-state index contributed by atoms with van der Waals surface area (Å²) in [7, 11) is 0. The first-order valence-electron chi connectivity index (χ1n) is 6.65. The van der Waals surface area contributed by atoms with Gasteiger partial charge in [0.25, 0.3) is 5.91 Å². The second-order valence-corrected chi connectivity index (χ2v) is 4.69. The summed E-state index contributed by atoms with van der Waals surface area (Å²) in [5.41, 5.74) is 6.64. The largest absolute Gasteiger partial charge is 0.397 e. The van der Waals surface area contributed by atoms with E-state index in [1.807, 2.05) is 6.92 Å². The van der Waals surface area contributed by atoms with Crippen LogP contribution in [-0.2, 0) is 0 Å². The third-order valence-corrected chi connectivity index (χ3v) is 2.96. The zero-order valence-electron chi connectivity index (χ0n) is 11.3. The molecule has 0 bridgehead atoms. The molecule has 100 valence electrons. The number of anilines is 1. The Labute approximate surface area is 109 Å². The van der Waals surface area contributed by atoms with E-state index >= 15 is 0 Å². The molecule has 0 aromatic carbocycles. The summed E-state index contributed by atoms with van der Waals surface area (Å²) in [4.78, 5) is 15.8. The number of nitrogens with zero attached hydrogens (tertiary/aromatic N) is 1. The highest BCUT2D eigenvalue weighted by Gasteiger charge is 2.11. The van der Waals surface area contributed by atoms with Crippen molar-refractivity contribution in [1.29, 1.82) is 0 Å². The number of nitrogens with one attached hydrogen (secondary N) is 1. The molecule has 0 aliphatic heterocycles. The Balaban J connectivity index is 2.38. The van der Waals surface area contributed by atoms with Gasteiger partial charge in [-0.15, -0.1) is 0 Å². The summed E-state index contributed by atoms with van der Waals surface area (Å²) in [6, 6.07) is 1.83. The van der Waals surface area contributed by atoms with Gasteiger partial charge in [0.15, 0.2) is 0 Å². The fourth-order valence-electron chi connectivity index (χ4n) is 1.86. The van der Waals surface area contributed by atoms with Crippen LogP contribution in [0.3, 0.4) is 0 Å². The minimum atomic E-state index is -0.113. The number of nitrogens with two attached hydrogens (primary N) is 1. The van der Waals surface area contributed by atoms with Gasteiger partial charge in [-0.3, -0.25) is 9.78 Å². The summed E-state index contributed by atoms with van der Waals surface area (Å²) in [5, 5.41) is 2.97. The summed E-state index contributed by atoms with van der Waals surface area (Å²) < 4.78 is 0. The fraction of sp³-hybridized carbons (Fsp3) is 0.571. The van der Waals surface area contributed by atoms with Crippen LogP contribution in [0.2, 0.25) is 0 Å². The maximum atomic E-state index is 11.9. The normalized spacial score (nSPS) is 12.1. The van der Waals surface area contributed by atoms with Crippen molar-refractivity contribution in [1.82, 2.24) is 10.3 Å². The molecule has 1 heterocycles. The molecule has 1 amide bonds. The van der Waals surface area contributed by atoms with Crippen LogP contribution in [0.25, 0.3) is 0 Å². The Hall–Kier alpha value is -1.58. The number of carbonyl (C=O) groups is 1. The monoisotopic (exact) mass is 249 g/mol. The lowest BCUT2D eigenvalue weighted by Crippen LogP contribution is -2.33. The number of hydrogen-bond donors (Lipinski definition) is 2. The number of unbranched alkanes of at least 4 members (excludes halogenated alkanes) is 3. The quantitative estimate of drug-likeness (QED) is 0.730. The molecule has 0 radical (unpaired) electrons. The van der Waals surface area contributed by atoms with Crippen LogP contribution in [0.15, 0.2) is 18.5 Å². The summed E-state index contributed by atoms with van der Waals surface area (Å²) in [6.07, 6.45) is 8.97. The van der Waals surface area contributed by atoms with Gasteiger partial charge in [-0.1, -0.05) is 32.6 Å². The molecule has 0 fully saturated rings. The van der Waals surface area contributed by atoms with E-state index in [9.17, 15) is 4.79 Å². The first-order chi connectivity index (χ1) is 8.65. The maximum Gasteiger partial charge on any atom is 0.253 e. The molecule has 1 atom stereocenters. The highest BCUT2D eigenvalue weighted by atomic mass is 16.1. The topological polar surface area (TPSA) is 68.0 Å². The molecule has 1 rings (SSSR count). The van der Waals surface area contributed by atoms with Crippen molar-refractivity contribution in [3.05, 3.63) is 24.0 Å². The Bertz CT molecular complexity index is 379. The van der Waals surface area contributed by atoms with Gasteiger partial charge in [0.05, 0.1) is 17.4 Å². The van der Waals surface area contributed by atoms with Crippen molar-refractivity contribution >= 4 is 11.6 Å². The zero-order chi connectivity index (χ0) is 13.4. The molecule has 0 aliphatic rings. The minimum absolute atomic E-state index is 0.113. The molecule has 1 aromatic heterocycles. The standard InChI is InChI=1S/C14H23N3O/c1-3-4-5-6-7-11(2)17-14(18)12-8-9-16-10-13(12)15/h8-11H,3-7,15H2,1-2H3,(H,17,18). The zero-order valence-corrected chi connectivity index (χ0v) is 11.3. The third kappa shape index (κ3) is 4.73. The van der Waals surface area contributed by atoms with Gasteiger partial charge in [0.2, 0.25) is 0 Å². The van der Waals surface area contributed by atoms with E-state index in [-0.39, 0.29) is 11.9 Å². The maximum absolute atomic E-state index is 11.9. The number of pyridine rings is 1. The highest BCUT2D eigenvalue weighted by molar-refractivity contribution is 5.98. The molecule has 1 aromatic rings. The fourth-order valence-corrected chi connectivity index (χ4v) is 1.86. The molecule has 4 heteroatoms. The van der Waals surface area contributed by atoms with E-state index in [1.165, 1.54) is 25.5 Å². The molecule has 18 heavy (non-hydrogen) atoms. The van der Waals surface area contributed by atoms with Crippen molar-refractivity contribution in [3.8, 4) is 0 Å². The molecule has 3 N–H and O–H groups in total. The summed E-state index contributed by atoms with van der Waals surface area (Å²) in [5.74, 6) is -0.113. The SMILES string of the molecule is CCCCCCC(C)NC(=O)c1ccncc1N. The van der Waals surface area contributed by atoms with Gasteiger partial charge in [-0.05, 0) is 19.4 Å². The third-order valence-electron chi connectivity index (χ3n) is 2.96. The molecule has 0 saturated heterocycles. The summed E-state index contributed by atoms with van der Waals surface area (Å²) >= 11 is 0. The van der Waals surface area contributed by atoms with Crippen molar-refractivity contribution in [2.45, 2.75) is 52.0 Å². The first-order valence-corrected chi connectivity index (χ1v) is 6.65. The number of amides is 1. The van der Waals surface area contributed by atoms with Crippen molar-refractivity contribution < 1.29 is 4.79 Å². The van der Waals surface area contributed by atoms with Crippen LogP contribution < -0.4 is 11.1 Å². The van der Waals surface area contributed by atoms with E-state index < -0.39 is 0 Å². The number of carbonyl (C=O) groups excluding carboxylic acids is 1. The Kier molecular flexibility index (Phi) is 6.19. The van der Waals surface area contributed by atoms with Crippen LogP contribution in [0, 0.1) is 0 Å². The Morgan fingerprint density at radius 2 is 2.22 bits per heavy atom. The van der Waals surface area contributed by atoms with Crippen LogP contribution >= 0.6 is 0 Å². The van der Waals surface area contributed by atoms with Gasteiger partial charge in [0.1, 0.15) is 0 Å². The molecular formula is C14H23N3O. The molecular weight excluding hydrogens is 226 g/mol. The molecule has 0 spiro atoms. The number of aromatic nitrogens is 1. The van der Waals surface area contributed by atoms with E-state index in [4.69, 9.17) is 5.73 Å². The van der Waals surface area contributed by atoms with Gasteiger partial charge in [-0.25, -0.2) is 0 Å². The average molecular weight is 249 g/mol. The lowest BCUT2D eigenvalue weighted by molar-refractivity contribution is 0.0938. The predicted octanol–water partition coefficient (Wildman–Crippen LogP) is 2.75. The lowest BCUT2D eigenvalue weighted by atomic mass is 10.1. The van der Waals surface area contributed by atoms with Crippen LogP contribution in [0.5, 0.6) is 0 Å². The Morgan fingerprint density at radius 1 is 1.44 bits per heavy atom. The smallest absolute Gasteiger partial charge is 0.253 e. The van der Waals surface area contributed by atoms with Crippen molar-refractivity contribution in [3.63, 3.8) is 0 Å². The van der Waals surface area contributed by atoms with Crippen LogP contribution in [0.1, 0.15) is 56.3 Å². The van der Waals surface area contributed by atoms with Crippen molar-refractivity contribution in [2.75, 3.05) is 5.73 Å². The second-order valence-electron chi connectivity index (χ2n) is 4.69. The van der Waals surface area contributed by atoms with Gasteiger partial charge in [-0.2, -0.15) is 0 Å². The number of rotatable bonds is 7. The van der Waals surface area contributed by atoms with Gasteiger partial charge < -0.3 is 11.1 Å². The average Bonchev–Trinajstić information content (AvgIpc) is 2.35. The first kappa shape index (κ1) is 14.5. The van der Waals surface area contributed by atoms with E-state index in [1.54, 1.807) is 12.3 Å². The molecule has 4 nitrogen and oxygen atoms in total. The molecule has 0 saturated carbocycles. The lowest BCUT2D eigenvalue weighted by Gasteiger charge is -2.14. The van der Waals surface area contributed by atoms with E-state index in [2.05, 4.69) is 17.2 Å². The molecule has 0 aliphatic carbocycles. The Morgan fingerprint density at radius 3 is 2.89 bits per heavy atom. The van der Waals surface area contributed by atoms with Gasteiger partial charge in [0, 0.05) is 12.2 Å². The summed E-state index contributed by atoms with van der Waals surface area (Å²) in [6.45, 7) is 4.22. The number of nitrogen functional groups attached to an aromatic ring is 1. The minimum Gasteiger partial charge on any atom is -0.397 e. The predicted molar refractivity (Wildman–Crippen MR) is 74.3 cm³/mol. The second kappa shape index (κ2) is 7.69. The van der Waals surface area contributed by atoms with Gasteiger partial charge >= 0.3 is 0 Å².